The molecule has 0 bridgehead atoms. The number of aromatic nitrogens is 6. The summed E-state index contributed by atoms with van der Waals surface area (Å²) in [5.41, 5.74) is 6.17. The Morgan fingerprint density at radius 1 is 0.943 bits per heavy atom. The molecule has 0 atom stereocenters. The molecule has 0 aliphatic carbocycles. The van der Waals surface area contributed by atoms with Crippen molar-refractivity contribution in [3.8, 4) is 11.4 Å². The van der Waals surface area contributed by atoms with Gasteiger partial charge in [-0.3, -0.25) is 14.2 Å². The van der Waals surface area contributed by atoms with Crippen molar-refractivity contribution in [2.24, 2.45) is 0 Å². The van der Waals surface area contributed by atoms with E-state index in [9.17, 15) is 9.59 Å². The molecule has 0 fully saturated rings. The van der Waals surface area contributed by atoms with Crippen molar-refractivity contribution in [2.75, 3.05) is 5.32 Å². The molecule has 176 valence electrons. The van der Waals surface area contributed by atoms with Gasteiger partial charge >= 0.3 is 0 Å². The fraction of sp³-hybridized carbons (Fsp3) is 0.192. The van der Waals surface area contributed by atoms with Crippen molar-refractivity contribution in [1.82, 2.24) is 29.1 Å². The standard InChI is InChI=1S/C26H25N7O2/c1-16-10-17(2)12-21(11-16)33-25-22(13-28-33)26(35)31(15-27-25)14-23(34)29-24-18(3)30-32(19(24)4)20-8-6-5-7-9-20/h5-13,15H,14H2,1-4H3,(H,29,34). The quantitative estimate of drug-likeness (QED) is 0.425. The van der Waals surface area contributed by atoms with Crippen molar-refractivity contribution in [3.63, 3.8) is 0 Å². The van der Waals surface area contributed by atoms with Gasteiger partial charge in [-0.25, -0.2) is 14.3 Å². The lowest BCUT2D eigenvalue weighted by atomic mass is 10.1. The van der Waals surface area contributed by atoms with Gasteiger partial charge in [0.25, 0.3) is 5.56 Å². The van der Waals surface area contributed by atoms with E-state index in [1.54, 1.807) is 9.36 Å². The Labute approximate surface area is 201 Å². The lowest BCUT2D eigenvalue weighted by molar-refractivity contribution is -0.116. The zero-order chi connectivity index (χ0) is 24.7. The molecule has 35 heavy (non-hydrogen) atoms. The second-order valence-corrected chi connectivity index (χ2v) is 8.66. The van der Waals surface area contributed by atoms with Crippen LogP contribution in [0.2, 0.25) is 0 Å². The van der Waals surface area contributed by atoms with Crippen molar-refractivity contribution < 1.29 is 4.79 Å². The topological polar surface area (TPSA) is 99.6 Å². The maximum atomic E-state index is 13.1. The number of aryl methyl sites for hydroxylation is 3. The summed E-state index contributed by atoms with van der Waals surface area (Å²) in [7, 11) is 0. The summed E-state index contributed by atoms with van der Waals surface area (Å²) in [5, 5.41) is 12.2. The number of hydrogen-bond donors (Lipinski definition) is 1. The Balaban J connectivity index is 1.41. The summed E-state index contributed by atoms with van der Waals surface area (Å²) in [5.74, 6) is -0.339. The van der Waals surface area contributed by atoms with Gasteiger partial charge in [-0.05, 0) is 63.1 Å². The summed E-state index contributed by atoms with van der Waals surface area (Å²) in [4.78, 5) is 30.4. The number of carbonyl (C=O) groups is 1. The first kappa shape index (κ1) is 22.3. The zero-order valence-electron chi connectivity index (χ0n) is 20.0. The van der Waals surface area contributed by atoms with Gasteiger partial charge in [-0.1, -0.05) is 24.3 Å². The first-order chi connectivity index (χ1) is 16.8. The molecule has 1 N–H and O–H groups in total. The largest absolute Gasteiger partial charge is 0.321 e. The number of anilines is 1. The van der Waals surface area contributed by atoms with Crippen molar-refractivity contribution in [3.05, 3.63) is 93.9 Å². The molecule has 0 saturated carbocycles. The number of fused-ring (bicyclic) bond motifs is 1. The molecule has 0 spiro atoms. The minimum Gasteiger partial charge on any atom is -0.321 e. The van der Waals surface area contributed by atoms with Gasteiger partial charge in [0, 0.05) is 0 Å². The monoisotopic (exact) mass is 467 g/mol. The van der Waals surface area contributed by atoms with E-state index in [2.05, 4.69) is 26.6 Å². The first-order valence-corrected chi connectivity index (χ1v) is 11.2. The predicted octanol–water partition coefficient (Wildman–Crippen LogP) is 3.64. The molecule has 3 heterocycles. The average Bonchev–Trinajstić information content (AvgIpc) is 3.38. The Morgan fingerprint density at radius 3 is 2.37 bits per heavy atom. The first-order valence-electron chi connectivity index (χ1n) is 11.2. The molecule has 0 radical (unpaired) electrons. The van der Waals surface area contributed by atoms with E-state index in [-0.39, 0.29) is 18.0 Å². The molecule has 0 saturated heterocycles. The second-order valence-electron chi connectivity index (χ2n) is 8.66. The molecule has 0 aliphatic heterocycles. The highest BCUT2D eigenvalue weighted by atomic mass is 16.2. The van der Waals surface area contributed by atoms with E-state index in [1.165, 1.54) is 17.1 Å². The predicted molar refractivity (Wildman–Crippen MR) is 134 cm³/mol. The number of carbonyl (C=O) groups excluding carboxylic acids is 1. The maximum Gasteiger partial charge on any atom is 0.264 e. The number of benzene rings is 2. The average molecular weight is 468 g/mol. The lowest BCUT2D eigenvalue weighted by Crippen LogP contribution is -2.28. The summed E-state index contributed by atoms with van der Waals surface area (Å²) in [6.45, 7) is 7.57. The summed E-state index contributed by atoms with van der Waals surface area (Å²) in [6, 6.07) is 15.7. The Bertz CT molecular complexity index is 1610. The van der Waals surface area contributed by atoms with Crippen LogP contribution in [0.3, 0.4) is 0 Å². The lowest BCUT2D eigenvalue weighted by Gasteiger charge is -2.09. The van der Waals surface area contributed by atoms with Gasteiger partial charge in [-0.2, -0.15) is 10.2 Å². The molecule has 5 aromatic rings. The van der Waals surface area contributed by atoms with Crippen LogP contribution in [-0.4, -0.2) is 35.0 Å². The minimum atomic E-state index is -0.339. The van der Waals surface area contributed by atoms with E-state index < -0.39 is 0 Å². The van der Waals surface area contributed by atoms with Crippen LogP contribution in [0.15, 0.2) is 65.8 Å². The van der Waals surface area contributed by atoms with E-state index in [1.807, 2.05) is 70.2 Å². The maximum absolute atomic E-state index is 13.1. The number of hydrogen-bond acceptors (Lipinski definition) is 5. The highest BCUT2D eigenvalue weighted by Crippen LogP contribution is 2.23. The van der Waals surface area contributed by atoms with Crippen LogP contribution in [0, 0.1) is 27.7 Å². The summed E-state index contributed by atoms with van der Waals surface area (Å²) in [6.07, 6.45) is 2.88. The third kappa shape index (κ3) is 4.12. The Morgan fingerprint density at radius 2 is 1.66 bits per heavy atom. The van der Waals surface area contributed by atoms with Gasteiger partial charge in [0.05, 0.1) is 34.6 Å². The van der Waals surface area contributed by atoms with Crippen LogP contribution in [0.5, 0.6) is 0 Å². The van der Waals surface area contributed by atoms with E-state index in [0.717, 1.165) is 28.2 Å². The van der Waals surface area contributed by atoms with Crippen LogP contribution in [0.1, 0.15) is 22.5 Å². The van der Waals surface area contributed by atoms with Gasteiger partial charge in [-0.15, -0.1) is 0 Å². The third-order valence-corrected chi connectivity index (χ3v) is 5.88. The number of nitrogens with one attached hydrogen (secondary N) is 1. The minimum absolute atomic E-state index is 0.175. The molecule has 5 rings (SSSR count). The number of para-hydroxylation sites is 1. The smallest absolute Gasteiger partial charge is 0.264 e. The highest BCUT2D eigenvalue weighted by molar-refractivity contribution is 5.92. The molecule has 1 amide bonds. The molecule has 0 unspecified atom stereocenters. The zero-order valence-corrected chi connectivity index (χ0v) is 20.0. The van der Waals surface area contributed by atoms with Gasteiger partial charge < -0.3 is 5.32 Å². The Kier molecular flexibility index (Phi) is 5.52. The number of rotatable bonds is 5. The number of nitrogens with zero attached hydrogens (tertiary/aromatic N) is 6. The van der Waals surface area contributed by atoms with Crippen LogP contribution in [0.25, 0.3) is 22.4 Å². The van der Waals surface area contributed by atoms with Crippen LogP contribution in [-0.2, 0) is 11.3 Å². The van der Waals surface area contributed by atoms with Crippen molar-refractivity contribution >= 4 is 22.6 Å². The normalized spacial score (nSPS) is 11.2. The summed E-state index contributed by atoms with van der Waals surface area (Å²) < 4.78 is 4.72. The van der Waals surface area contributed by atoms with E-state index in [4.69, 9.17) is 0 Å². The van der Waals surface area contributed by atoms with Gasteiger partial charge in [0.15, 0.2) is 5.65 Å². The summed E-state index contributed by atoms with van der Waals surface area (Å²) >= 11 is 0. The fourth-order valence-electron chi connectivity index (χ4n) is 4.30. The van der Waals surface area contributed by atoms with Crippen LogP contribution < -0.4 is 10.9 Å². The molecule has 2 aromatic carbocycles. The van der Waals surface area contributed by atoms with Crippen LogP contribution in [0.4, 0.5) is 5.69 Å². The molecule has 9 heteroatoms. The molecular formula is C26H25N7O2. The molecule has 9 nitrogen and oxygen atoms in total. The van der Waals surface area contributed by atoms with Crippen molar-refractivity contribution in [2.45, 2.75) is 34.2 Å². The van der Waals surface area contributed by atoms with E-state index in [0.29, 0.717) is 22.4 Å². The third-order valence-electron chi connectivity index (χ3n) is 5.88. The second kappa shape index (κ2) is 8.68. The van der Waals surface area contributed by atoms with Gasteiger partial charge in [0.1, 0.15) is 18.3 Å². The van der Waals surface area contributed by atoms with E-state index >= 15 is 0 Å². The SMILES string of the molecule is Cc1cc(C)cc(-n2ncc3c(=O)n(CC(=O)Nc4c(C)nn(-c5ccccc5)c4C)cnc32)c1. The molecule has 0 aliphatic rings. The Hall–Kier alpha value is -4.53. The number of amides is 1. The van der Waals surface area contributed by atoms with Gasteiger partial charge in [0.2, 0.25) is 5.91 Å². The molecule has 3 aromatic heterocycles. The van der Waals surface area contributed by atoms with Crippen molar-refractivity contribution in [1.29, 1.82) is 0 Å². The fourth-order valence-corrected chi connectivity index (χ4v) is 4.30. The molecular weight excluding hydrogens is 442 g/mol. The highest BCUT2D eigenvalue weighted by Gasteiger charge is 2.17. The van der Waals surface area contributed by atoms with Crippen LogP contribution >= 0.6 is 0 Å².